The van der Waals surface area contributed by atoms with Gasteiger partial charge in [0.1, 0.15) is 22.8 Å². The van der Waals surface area contributed by atoms with Gasteiger partial charge in [-0.3, -0.25) is 0 Å². The molecule has 0 unspecified atom stereocenters. The Labute approximate surface area is 404 Å². The molecule has 0 radical (unpaired) electrons. The number of phenolic OH excluding ortho intramolecular Hbond substituents is 1. The van der Waals surface area contributed by atoms with Crippen LogP contribution in [0.15, 0.2) is 200 Å². The van der Waals surface area contributed by atoms with E-state index in [1.165, 1.54) is 67.8 Å². The minimum atomic E-state index is -4.88. The Morgan fingerprint density at radius 2 is 0.957 bits per heavy atom. The van der Waals surface area contributed by atoms with Crippen molar-refractivity contribution in [2.24, 2.45) is 0 Å². The van der Waals surface area contributed by atoms with Crippen molar-refractivity contribution in [3.05, 3.63) is 234 Å². The standard InChI is InChI=1S/C65H45F3O2/c1-4-63(2,3)46-26-18-38(19-27-46)43-24-31-51-52-32-25-44(35-57(52)64(56(51)34-43)54-14-7-5-12-49(54)50-13-6-8-15-55(50)64)39-20-28-47(29-21-39)70-59-37-45(36-58(69)62(59)65(66,67)68)48-30-22-42-17-16-40-10-9-11-41-23-33-53(48)61(42)60(40)41/h5-37,69H,4H2,1-3H3. The molecule has 5 heteroatoms. The molecule has 0 amide bonds. The third-order valence-corrected chi connectivity index (χ3v) is 15.6. The molecule has 2 nitrogen and oxygen atoms in total. The summed E-state index contributed by atoms with van der Waals surface area (Å²) in [6.45, 7) is 6.81. The molecule has 11 aromatic rings. The highest BCUT2D eigenvalue weighted by atomic mass is 19.4. The number of ether oxygens (including phenoxy) is 1. The lowest BCUT2D eigenvalue weighted by Gasteiger charge is -2.31. The molecule has 0 bridgehead atoms. The Balaban J connectivity index is 0.898. The summed E-state index contributed by atoms with van der Waals surface area (Å²) in [7, 11) is 0. The van der Waals surface area contributed by atoms with E-state index in [4.69, 9.17) is 4.74 Å². The van der Waals surface area contributed by atoms with Crippen LogP contribution >= 0.6 is 0 Å². The predicted molar refractivity (Wildman–Crippen MR) is 279 cm³/mol. The summed E-state index contributed by atoms with van der Waals surface area (Å²) >= 11 is 0. The molecule has 0 saturated carbocycles. The first-order valence-electron chi connectivity index (χ1n) is 23.9. The van der Waals surface area contributed by atoms with Crippen LogP contribution in [0.1, 0.15) is 60.6 Å². The molecule has 0 fully saturated rings. The van der Waals surface area contributed by atoms with Crippen molar-refractivity contribution < 1.29 is 23.0 Å². The Bertz CT molecular complexity index is 3860. The first-order valence-corrected chi connectivity index (χ1v) is 23.9. The Hall–Kier alpha value is -8.15. The maximum atomic E-state index is 14.8. The van der Waals surface area contributed by atoms with Crippen molar-refractivity contribution in [3.63, 3.8) is 0 Å². The fraction of sp³-hybridized carbons (Fsp3) is 0.108. The van der Waals surface area contributed by atoms with E-state index in [9.17, 15) is 18.3 Å². The molecule has 0 saturated heterocycles. The first kappa shape index (κ1) is 42.0. The second kappa shape index (κ2) is 15.2. The van der Waals surface area contributed by atoms with Crippen molar-refractivity contribution in [2.45, 2.75) is 44.2 Å². The zero-order chi connectivity index (χ0) is 47.7. The van der Waals surface area contributed by atoms with Gasteiger partial charge in [-0.1, -0.05) is 185 Å². The number of hydrogen-bond acceptors (Lipinski definition) is 2. The van der Waals surface area contributed by atoms with Gasteiger partial charge in [-0.05, 0) is 164 Å². The molecule has 2 aliphatic rings. The summed E-state index contributed by atoms with van der Waals surface area (Å²) in [5.41, 5.74) is 14.6. The molecule has 1 spiro atoms. The van der Waals surface area contributed by atoms with Crippen molar-refractivity contribution >= 4 is 32.3 Å². The van der Waals surface area contributed by atoms with Crippen LogP contribution in [-0.4, -0.2) is 5.11 Å². The van der Waals surface area contributed by atoms with Crippen LogP contribution in [0, 0.1) is 0 Å². The second-order valence-electron chi connectivity index (χ2n) is 19.6. The molecule has 2 aliphatic carbocycles. The Morgan fingerprint density at radius 3 is 1.54 bits per heavy atom. The topological polar surface area (TPSA) is 29.5 Å². The smallest absolute Gasteiger partial charge is 0.423 e. The van der Waals surface area contributed by atoms with Gasteiger partial charge in [0.15, 0.2) is 0 Å². The molecule has 11 aromatic carbocycles. The number of rotatable bonds is 7. The van der Waals surface area contributed by atoms with E-state index in [-0.39, 0.29) is 11.2 Å². The summed E-state index contributed by atoms with van der Waals surface area (Å²) in [4.78, 5) is 0. The molecule has 1 N–H and O–H groups in total. The zero-order valence-corrected chi connectivity index (χ0v) is 38.7. The number of aromatic hydroxyl groups is 1. The number of benzene rings is 11. The SMILES string of the molecule is CCC(C)(C)c1ccc(-c2ccc3c(c2)C2(c4ccccc4-c4ccccc42)c2cc(-c4ccc(Oc5cc(-c6ccc7ccc8cccc9ccc6c7c89)cc(O)c5C(F)(F)F)cc4)ccc2-3)cc1. The van der Waals surface area contributed by atoms with E-state index >= 15 is 0 Å². The fourth-order valence-electron chi connectivity index (χ4n) is 11.8. The maximum absolute atomic E-state index is 14.8. The summed E-state index contributed by atoms with van der Waals surface area (Å²) in [6, 6.07) is 68.1. The third-order valence-electron chi connectivity index (χ3n) is 15.6. The van der Waals surface area contributed by atoms with Gasteiger partial charge in [0.05, 0.1) is 5.41 Å². The van der Waals surface area contributed by atoms with Gasteiger partial charge in [-0.25, -0.2) is 0 Å². The summed E-state index contributed by atoms with van der Waals surface area (Å²) < 4.78 is 50.6. The summed E-state index contributed by atoms with van der Waals surface area (Å²) in [5.74, 6) is -1.16. The highest BCUT2D eigenvalue weighted by molar-refractivity contribution is 6.25. The lowest BCUT2D eigenvalue weighted by atomic mass is 9.70. The van der Waals surface area contributed by atoms with Crippen LogP contribution in [0.5, 0.6) is 17.2 Å². The van der Waals surface area contributed by atoms with Crippen LogP contribution in [0.25, 0.3) is 88.0 Å². The first-order chi connectivity index (χ1) is 33.9. The Kier molecular flexibility index (Phi) is 9.10. The Morgan fingerprint density at radius 1 is 0.457 bits per heavy atom. The van der Waals surface area contributed by atoms with Crippen LogP contribution in [-0.2, 0) is 17.0 Å². The second-order valence-corrected chi connectivity index (χ2v) is 19.6. The van der Waals surface area contributed by atoms with Gasteiger partial charge in [0.25, 0.3) is 0 Å². The van der Waals surface area contributed by atoms with Crippen LogP contribution in [0.2, 0.25) is 0 Å². The molecule has 0 atom stereocenters. The zero-order valence-electron chi connectivity index (χ0n) is 38.7. The van der Waals surface area contributed by atoms with E-state index in [1.54, 1.807) is 12.1 Å². The van der Waals surface area contributed by atoms with Crippen molar-refractivity contribution in [1.82, 2.24) is 0 Å². The van der Waals surface area contributed by atoms with Crippen LogP contribution in [0.3, 0.4) is 0 Å². The normalized spacial score (nSPS) is 13.5. The lowest BCUT2D eigenvalue weighted by Crippen LogP contribution is -2.26. The maximum Gasteiger partial charge on any atom is 0.423 e. The highest BCUT2D eigenvalue weighted by Crippen LogP contribution is 2.63. The number of alkyl halides is 3. The number of hydrogen-bond donors (Lipinski definition) is 1. The van der Waals surface area contributed by atoms with Crippen molar-refractivity contribution in [3.8, 4) is 72.9 Å². The van der Waals surface area contributed by atoms with Crippen LogP contribution < -0.4 is 4.74 Å². The largest absolute Gasteiger partial charge is 0.507 e. The molecule has 0 heterocycles. The molecule has 0 aliphatic heterocycles. The monoisotopic (exact) mass is 914 g/mol. The number of fused-ring (bicyclic) bond motifs is 10. The van der Waals surface area contributed by atoms with Gasteiger partial charge in [-0.2, -0.15) is 13.2 Å². The van der Waals surface area contributed by atoms with Gasteiger partial charge >= 0.3 is 6.18 Å². The van der Waals surface area contributed by atoms with Crippen molar-refractivity contribution in [1.29, 1.82) is 0 Å². The van der Waals surface area contributed by atoms with E-state index in [2.05, 4.69) is 154 Å². The number of halogens is 3. The molecule has 13 rings (SSSR count). The quantitative estimate of drug-likeness (QED) is 0.161. The third kappa shape index (κ3) is 6.13. The molecule has 338 valence electrons. The summed E-state index contributed by atoms with van der Waals surface area (Å²) in [6.07, 6.45) is -3.83. The fourth-order valence-corrected chi connectivity index (χ4v) is 11.8. The van der Waals surface area contributed by atoms with Gasteiger partial charge in [0.2, 0.25) is 0 Å². The average molecular weight is 915 g/mol. The van der Waals surface area contributed by atoms with E-state index in [0.29, 0.717) is 11.1 Å². The van der Waals surface area contributed by atoms with Gasteiger partial charge in [-0.15, -0.1) is 0 Å². The van der Waals surface area contributed by atoms with Gasteiger partial charge < -0.3 is 9.84 Å². The van der Waals surface area contributed by atoms with Gasteiger partial charge in [0, 0.05) is 0 Å². The molecular formula is C65H45F3O2. The molecule has 0 aromatic heterocycles. The van der Waals surface area contributed by atoms with Crippen LogP contribution in [0.4, 0.5) is 13.2 Å². The number of phenols is 1. The minimum absolute atomic E-state index is 0.0884. The average Bonchev–Trinajstić information content (AvgIpc) is 3.84. The van der Waals surface area contributed by atoms with E-state index < -0.39 is 28.7 Å². The predicted octanol–water partition coefficient (Wildman–Crippen LogP) is 18.1. The van der Waals surface area contributed by atoms with E-state index in [0.717, 1.165) is 55.4 Å². The van der Waals surface area contributed by atoms with E-state index in [1.807, 2.05) is 42.5 Å². The summed E-state index contributed by atoms with van der Waals surface area (Å²) in [5, 5.41) is 17.3. The molecular weight excluding hydrogens is 870 g/mol. The highest BCUT2D eigenvalue weighted by Gasteiger charge is 2.52. The lowest BCUT2D eigenvalue weighted by molar-refractivity contribution is -0.139. The minimum Gasteiger partial charge on any atom is -0.507 e. The molecule has 70 heavy (non-hydrogen) atoms. The van der Waals surface area contributed by atoms with Crippen molar-refractivity contribution in [2.75, 3.05) is 0 Å².